The lowest BCUT2D eigenvalue weighted by atomic mass is 9.90. The van der Waals surface area contributed by atoms with Crippen molar-refractivity contribution in [1.29, 1.82) is 0 Å². The Balaban J connectivity index is 1.60. The van der Waals surface area contributed by atoms with Gasteiger partial charge in [-0.25, -0.2) is 0 Å². The lowest BCUT2D eigenvalue weighted by Gasteiger charge is -2.36. The van der Waals surface area contributed by atoms with Gasteiger partial charge in [0.1, 0.15) is 0 Å². The molecule has 114 valence electrons. The second kappa shape index (κ2) is 6.16. The zero-order chi connectivity index (χ0) is 14.8. The number of fused-ring (bicyclic) bond motifs is 1. The van der Waals surface area contributed by atoms with E-state index in [0.717, 1.165) is 38.9 Å². The quantitative estimate of drug-likeness (QED) is 0.863. The molecule has 2 N–H and O–H groups in total. The number of nitrogens with one attached hydrogen (secondary N) is 1. The van der Waals surface area contributed by atoms with E-state index in [0.29, 0.717) is 5.92 Å². The van der Waals surface area contributed by atoms with Gasteiger partial charge in [-0.3, -0.25) is 4.79 Å². The maximum Gasteiger partial charge on any atom is 0.240 e. The van der Waals surface area contributed by atoms with E-state index < -0.39 is 0 Å². The Bertz CT molecular complexity index is 507. The molecule has 0 spiro atoms. The third kappa shape index (κ3) is 3.11. The van der Waals surface area contributed by atoms with E-state index in [1.54, 1.807) is 0 Å². The fourth-order valence-corrected chi connectivity index (χ4v) is 3.45. The van der Waals surface area contributed by atoms with Crippen molar-refractivity contribution in [3.8, 4) is 0 Å². The van der Waals surface area contributed by atoms with Crippen LogP contribution in [0.4, 0.5) is 0 Å². The Hall–Kier alpha value is -1.39. The van der Waals surface area contributed by atoms with Crippen molar-refractivity contribution >= 4 is 5.91 Å². The number of likely N-dealkylation sites (tertiary alicyclic amines) is 1. The van der Waals surface area contributed by atoms with Crippen LogP contribution in [0.15, 0.2) is 24.3 Å². The molecule has 2 aliphatic rings. The van der Waals surface area contributed by atoms with Crippen molar-refractivity contribution in [3.63, 3.8) is 0 Å². The average Bonchev–Trinajstić information content (AvgIpc) is 2.54. The van der Waals surface area contributed by atoms with E-state index in [4.69, 9.17) is 0 Å². The first-order valence-electron chi connectivity index (χ1n) is 7.92. The molecule has 2 atom stereocenters. The van der Waals surface area contributed by atoms with Gasteiger partial charge in [-0.15, -0.1) is 0 Å². The summed E-state index contributed by atoms with van der Waals surface area (Å²) in [6, 6.07) is 8.24. The van der Waals surface area contributed by atoms with Crippen molar-refractivity contribution in [1.82, 2.24) is 10.2 Å². The highest BCUT2D eigenvalue weighted by molar-refractivity contribution is 5.82. The second-order valence-electron chi connectivity index (χ2n) is 6.31. The monoisotopic (exact) mass is 288 g/mol. The summed E-state index contributed by atoms with van der Waals surface area (Å²) < 4.78 is 0. The minimum atomic E-state index is -0.262. The summed E-state index contributed by atoms with van der Waals surface area (Å²) in [5, 5.41) is 13.0. The van der Waals surface area contributed by atoms with E-state index >= 15 is 0 Å². The summed E-state index contributed by atoms with van der Waals surface area (Å²) in [7, 11) is 0. The van der Waals surface area contributed by atoms with Crippen LogP contribution in [-0.2, 0) is 17.8 Å². The number of nitrogens with zero attached hydrogens (tertiary/aromatic N) is 1. The Morgan fingerprint density at radius 3 is 2.62 bits per heavy atom. The van der Waals surface area contributed by atoms with Crippen molar-refractivity contribution in [2.24, 2.45) is 5.92 Å². The second-order valence-corrected chi connectivity index (χ2v) is 6.31. The molecule has 3 rings (SSSR count). The molecule has 0 radical (unpaired) electrons. The van der Waals surface area contributed by atoms with Crippen LogP contribution in [0.3, 0.4) is 0 Å². The fourth-order valence-electron chi connectivity index (χ4n) is 3.45. The number of hydrogen-bond acceptors (Lipinski definition) is 3. The largest absolute Gasteiger partial charge is 0.393 e. The molecule has 4 heteroatoms. The van der Waals surface area contributed by atoms with Gasteiger partial charge in [0.15, 0.2) is 0 Å². The highest BCUT2D eigenvalue weighted by Gasteiger charge is 2.31. The molecule has 0 aromatic heterocycles. The molecular weight excluding hydrogens is 264 g/mol. The summed E-state index contributed by atoms with van der Waals surface area (Å²) >= 11 is 0. The van der Waals surface area contributed by atoms with E-state index in [2.05, 4.69) is 17.4 Å². The maximum atomic E-state index is 12.6. The van der Waals surface area contributed by atoms with Crippen molar-refractivity contribution < 1.29 is 9.90 Å². The van der Waals surface area contributed by atoms with Crippen LogP contribution in [-0.4, -0.2) is 41.1 Å². The van der Waals surface area contributed by atoms with Crippen LogP contribution in [0, 0.1) is 5.92 Å². The number of aliphatic hydroxyl groups excluding tert-OH is 1. The summed E-state index contributed by atoms with van der Waals surface area (Å²) in [4.78, 5) is 14.6. The van der Waals surface area contributed by atoms with Gasteiger partial charge in [0.2, 0.25) is 5.91 Å². The van der Waals surface area contributed by atoms with Crippen molar-refractivity contribution in [2.45, 2.75) is 44.9 Å². The van der Waals surface area contributed by atoms with Gasteiger partial charge in [-0.1, -0.05) is 24.3 Å². The van der Waals surface area contributed by atoms with E-state index in [1.807, 2.05) is 24.0 Å². The van der Waals surface area contributed by atoms with Gasteiger partial charge >= 0.3 is 0 Å². The maximum absolute atomic E-state index is 12.6. The first-order chi connectivity index (χ1) is 10.1. The molecule has 1 fully saturated rings. The molecule has 1 saturated heterocycles. The standard InChI is InChI=1S/C17H24N2O2/c1-12(20)13-6-8-19(9-7-13)17(21)16-10-14-4-2-3-5-15(14)11-18-16/h2-5,12-13,16,18,20H,6-11H2,1H3/t12?,16-/m1/s1. The van der Waals surface area contributed by atoms with Crippen LogP contribution in [0.5, 0.6) is 0 Å². The number of benzene rings is 1. The molecule has 4 nitrogen and oxygen atoms in total. The summed E-state index contributed by atoms with van der Waals surface area (Å²) in [6.45, 7) is 4.17. The van der Waals surface area contributed by atoms with Crippen LogP contribution >= 0.6 is 0 Å². The third-order valence-corrected chi connectivity index (χ3v) is 4.91. The Kier molecular flexibility index (Phi) is 4.27. The molecule has 1 unspecified atom stereocenters. The number of aliphatic hydroxyl groups is 1. The van der Waals surface area contributed by atoms with Crippen molar-refractivity contribution in [2.75, 3.05) is 13.1 Å². The average molecular weight is 288 g/mol. The Labute approximate surface area is 126 Å². The predicted molar refractivity (Wildman–Crippen MR) is 81.8 cm³/mol. The Morgan fingerprint density at radius 2 is 1.95 bits per heavy atom. The SMILES string of the molecule is CC(O)C1CCN(C(=O)[C@H]2Cc3ccccc3CN2)CC1. The van der Waals surface area contributed by atoms with Crippen LogP contribution < -0.4 is 5.32 Å². The molecular formula is C17H24N2O2. The molecule has 0 bridgehead atoms. The van der Waals surface area contributed by atoms with Crippen molar-refractivity contribution in [3.05, 3.63) is 35.4 Å². The number of carbonyl (C=O) groups is 1. The molecule has 1 aromatic rings. The lowest BCUT2D eigenvalue weighted by molar-refractivity contribution is -0.135. The van der Waals surface area contributed by atoms with Crippen LogP contribution in [0.1, 0.15) is 30.9 Å². The highest BCUT2D eigenvalue weighted by Crippen LogP contribution is 2.23. The van der Waals surface area contributed by atoms with Crippen LogP contribution in [0.25, 0.3) is 0 Å². The van der Waals surface area contributed by atoms with Gasteiger partial charge in [0, 0.05) is 19.6 Å². The molecule has 21 heavy (non-hydrogen) atoms. The molecule has 2 heterocycles. The van der Waals surface area contributed by atoms with E-state index in [-0.39, 0.29) is 18.1 Å². The third-order valence-electron chi connectivity index (χ3n) is 4.91. The molecule has 1 amide bonds. The topological polar surface area (TPSA) is 52.6 Å². The molecule has 0 aliphatic carbocycles. The van der Waals surface area contributed by atoms with Gasteiger partial charge in [0.25, 0.3) is 0 Å². The number of rotatable bonds is 2. The smallest absolute Gasteiger partial charge is 0.240 e. The number of piperidine rings is 1. The highest BCUT2D eigenvalue weighted by atomic mass is 16.3. The Morgan fingerprint density at radius 1 is 1.29 bits per heavy atom. The zero-order valence-corrected chi connectivity index (χ0v) is 12.6. The summed E-state index contributed by atoms with van der Waals surface area (Å²) in [5.74, 6) is 0.558. The van der Waals surface area contributed by atoms with Gasteiger partial charge in [-0.05, 0) is 43.2 Å². The summed E-state index contributed by atoms with van der Waals surface area (Å²) in [6.07, 6.45) is 2.34. The number of carbonyl (C=O) groups excluding carboxylic acids is 1. The molecule has 2 aliphatic heterocycles. The minimum absolute atomic E-state index is 0.0944. The predicted octanol–water partition coefficient (Wildman–Crippen LogP) is 1.32. The number of hydrogen-bond donors (Lipinski definition) is 2. The van der Waals surface area contributed by atoms with Crippen LogP contribution in [0.2, 0.25) is 0 Å². The minimum Gasteiger partial charge on any atom is -0.393 e. The fraction of sp³-hybridized carbons (Fsp3) is 0.588. The first kappa shape index (κ1) is 14.5. The van der Waals surface area contributed by atoms with Gasteiger partial charge in [-0.2, -0.15) is 0 Å². The van der Waals surface area contributed by atoms with E-state index in [9.17, 15) is 9.90 Å². The number of amides is 1. The normalized spacial score (nSPS) is 24.5. The lowest BCUT2D eigenvalue weighted by Crippen LogP contribution is -2.52. The molecule has 1 aromatic carbocycles. The first-order valence-corrected chi connectivity index (χ1v) is 7.92. The van der Waals surface area contributed by atoms with E-state index in [1.165, 1.54) is 11.1 Å². The molecule has 0 saturated carbocycles. The van der Waals surface area contributed by atoms with Gasteiger partial charge < -0.3 is 15.3 Å². The van der Waals surface area contributed by atoms with Gasteiger partial charge in [0.05, 0.1) is 12.1 Å². The zero-order valence-electron chi connectivity index (χ0n) is 12.6. The summed E-state index contributed by atoms with van der Waals surface area (Å²) in [5.41, 5.74) is 2.59.